The van der Waals surface area contributed by atoms with Gasteiger partial charge in [0.15, 0.2) is 0 Å². The summed E-state index contributed by atoms with van der Waals surface area (Å²) >= 11 is 3.84. The number of allylic oxidation sites excluding steroid dienone is 1. The van der Waals surface area contributed by atoms with Crippen LogP contribution >= 0.6 is 23.1 Å². The van der Waals surface area contributed by atoms with Gasteiger partial charge >= 0.3 is 0 Å². The summed E-state index contributed by atoms with van der Waals surface area (Å²) in [7, 11) is 0. The van der Waals surface area contributed by atoms with Crippen LogP contribution in [0.5, 0.6) is 0 Å². The van der Waals surface area contributed by atoms with E-state index in [4.69, 9.17) is 0 Å². The van der Waals surface area contributed by atoms with E-state index in [1.54, 1.807) is 0 Å². The zero-order valence-electron chi connectivity index (χ0n) is 27.0. The number of fused-ring (bicyclic) bond motifs is 10. The largest absolute Gasteiger partial charge is 0.354 e. The highest BCUT2D eigenvalue weighted by atomic mass is 32.2. The Bertz CT molecular complexity index is 2980. The zero-order valence-corrected chi connectivity index (χ0v) is 28.7. The first-order chi connectivity index (χ1) is 24.7. The van der Waals surface area contributed by atoms with Crippen molar-refractivity contribution in [2.45, 2.75) is 11.7 Å². The van der Waals surface area contributed by atoms with E-state index >= 15 is 0 Å². The molecule has 10 aromatic rings. The molecule has 0 spiro atoms. The van der Waals surface area contributed by atoms with Gasteiger partial charge < -0.3 is 9.97 Å². The van der Waals surface area contributed by atoms with Gasteiger partial charge in [0.25, 0.3) is 0 Å². The standard InChI is InChI=1S/C46H30N2S2/c1-3-7-27(8-4-1)41-19-21-43(49-41)31-13-15-33-29(23-31)11-17-35-37-25-40-38(26-39(37)47-45(33)35)36-18-12-30-24-32(14-16-34(30)46(36)48-40)44-22-20-42(50-44)28-9-5-2-6-10-28/h1-21,23-26,44,47-48H,22H2. The highest BCUT2D eigenvalue weighted by Gasteiger charge is 2.21. The molecule has 1 unspecified atom stereocenters. The molecule has 0 radical (unpaired) electrons. The highest BCUT2D eigenvalue weighted by molar-refractivity contribution is 8.08. The molecule has 1 atom stereocenters. The predicted octanol–water partition coefficient (Wildman–Crippen LogP) is 13.9. The van der Waals surface area contributed by atoms with Gasteiger partial charge in [-0.25, -0.2) is 0 Å². The van der Waals surface area contributed by atoms with Gasteiger partial charge in [0, 0.05) is 63.3 Å². The quantitative estimate of drug-likeness (QED) is 0.191. The average Bonchev–Trinajstić information content (AvgIpc) is 3.99. The lowest BCUT2D eigenvalue weighted by molar-refractivity contribution is 0.994. The fraction of sp³-hybridized carbons (Fsp3) is 0.0435. The third kappa shape index (κ3) is 4.42. The molecule has 0 aliphatic carbocycles. The Kier molecular flexibility index (Phi) is 6.21. The number of aromatic nitrogens is 2. The van der Waals surface area contributed by atoms with Crippen LogP contribution < -0.4 is 0 Å². The molecule has 0 bridgehead atoms. The molecule has 0 saturated heterocycles. The summed E-state index contributed by atoms with van der Waals surface area (Å²) in [5.74, 6) is 0. The van der Waals surface area contributed by atoms with Crippen LogP contribution in [-0.2, 0) is 0 Å². The molecule has 2 N–H and O–H groups in total. The summed E-state index contributed by atoms with van der Waals surface area (Å²) in [6, 6.07) is 53.7. The summed E-state index contributed by atoms with van der Waals surface area (Å²) in [6.07, 6.45) is 3.46. The number of H-pyrrole nitrogens is 2. The Labute approximate surface area is 297 Å². The van der Waals surface area contributed by atoms with E-state index in [1.807, 2.05) is 23.1 Å². The molecule has 4 heteroatoms. The SMILES string of the molecule is C1=C(c2ccccc2)SC(c2ccc3c(ccc4c5cc6[nH]c7c8ccc(-c9ccc(-c%10ccccc%10)s9)cc8ccc7c6cc5[nH]c34)c2)C1. The lowest BCUT2D eigenvalue weighted by Crippen LogP contribution is -1.89. The molecule has 0 amide bonds. The van der Waals surface area contributed by atoms with Crippen LogP contribution in [0.4, 0.5) is 0 Å². The van der Waals surface area contributed by atoms with Crippen LogP contribution in [0.3, 0.4) is 0 Å². The summed E-state index contributed by atoms with van der Waals surface area (Å²) in [6.45, 7) is 0. The molecular formula is C46H30N2S2. The van der Waals surface area contributed by atoms with Crippen LogP contribution in [0.15, 0.2) is 152 Å². The fourth-order valence-corrected chi connectivity index (χ4v) is 10.2. The lowest BCUT2D eigenvalue weighted by Gasteiger charge is -2.12. The molecule has 50 heavy (non-hydrogen) atoms. The monoisotopic (exact) mass is 674 g/mol. The Balaban J connectivity index is 0.952. The van der Waals surface area contributed by atoms with Crippen molar-refractivity contribution in [2.24, 2.45) is 0 Å². The molecule has 236 valence electrons. The highest BCUT2D eigenvalue weighted by Crippen LogP contribution is 2.49. The van der Waals surface area contributed by atoms with Crippen molar-refractivity contribution in [3.63, 3.8) is 0 Å². The number of nitrogens with one attached hydrogen (secondary N) is 2. The van der Waals surface area contributed by atoms with Crippen molar-refractivity contribution >= 4 is 93.2 Å². The first-order valence-electron chi connectivity index (χ1n) is 17.2. The molecular weight excluding hydrogens is 645 g/mol. The maximum absolute atomic E-state index is 3.83. The number of rotatable bonds is 4. The third-order valence-corrected chi connectivity index (χ3v) is 13.1. The van der Waals surface area contributed by atoms with Crippen molar-refractivity contribution in [2.75, 3.05) is 0 Å². The summed E-state index contributed by atoms with van der Waals surface area (Å²) in [5.41, 5.74) is 10.0. The van der Waals surface area contributed by atoms with E-state index in [0.29, 0.717) is 5.25 Å². The summed E-state index contributed by atoms with van der Waals surface area (Å²) in [5, 5.41) is 10.6. The molecule has 0 fully saturated rings. The molecule has 1 aliphatic heterocycles. The molecule has 0 saturated carbocycles. The summed E-state index contributed by atoms with van der Waals surface area (Å²) < 4.78 is 0. The van der Waals surface area contributed by atoms with E-state index in [0.717, 1.165) is 6.42 Å². The number of thioether (sulfide) groups is 1. The Morgan fingerprint density at radius 3 is 1.72 bits per heavy atom. The van der Waals surface area contributed by atoms with E-state index < -0.39 is 0 Å². The molecule has 4 heterocycles. The number of thiophene rings is 1. The second-order valence-electron chi connectivity index (χ2n) is 13.4. The maximum atomic E-state index is 3.83. The van der Waals surface area contributed by atoms with Gasteiger partial charge in [0.2, 0.25) is 0 Å². The molecule has 1 aliphatic rings. The van der Waals surface area contributed by atoms with Crippen LogP contribution in [0.2, 0.25) is 0 Å². The Hall–Kier alpha value is -5.55. The topological polar surface area (TPSA) is 31.6 Å². The number of aromatic amines is 2. The van der Waals surface area contributed by atoms with Crippen LogP contribution in [0, 0.1) is 0 Å². The minimum atomic E-state index is 0.452. The minimum absolute atomic E-state index is 0.452. The van der Waals surface area contributed by atoms with Crippen LogP contribution in [0.25, 0.3) is 90.9 Å². The van der Waals surface area contributed by atoms with Crippen LogP contribution in [-0.4, -0.2) is 9.97 Å². The van der Waals surface area contributed by atoms with Crippen molar-refractivity contribution in [3.05, 3.63) is 163 Å². The third-order valence-electron chi connectivity index (χ3n) is 10.5. The molecule has 3 aromatic heterocycles. The van der Waals surface area contributed by atoms with E-state index in [-0.39, 0.29) is 0 Å². The summed E-state index contributed by atoms with van der Waals surface area (Å²) in [4.78, 5) is 11.6. The number of benzene rings is 7. The number of hydrogen-bond donors (Lipinski definition) is 2. The zero-order chi connectivity index (χ0) is 32.8. The van der Waals surface area contributed by atoms with Crippen LogP contribution in [0.1, 0.15) is 22.8 Å². The Morgan fingerprint density at radius 1 is 0.460 bits per heavy atom. The van der Waals surface area contributed by atoms with Gasteiger partial charge in [0.1, 0.15) is 0 Å². The van der Waals surface area contributed by atoms with Gasteiger partial charge in [0.05, 0.1) is 11.0 Å². The molecule has 2 nitrogen and oxygen atoms in total. The first-order valence-corrected chi connectivity index (χ1v) is 18.9. The van der Waals surface area contributed by atoms with Gasteiger partial charge in [-0.1, -0.05) is 115 Å². The van der Waals surface area contributed by atoms with Crippen molar-refractivity contribution in [1.29, 1.82) is 0 Å². The van der Waals surface area contributed by atoms with Crippen molar-refractivity contribution < 1.29 is 0 Å². The molecule has 7 aromatic carbocycles. The van der Waals surface area contributed by atoms with Crippen molar-refractivity contribution in [3.8, 4) is 20.9 Å². The van der Waals surface area contributed by atoms with E-state index in [2.05, 4.69) is 162 Å². The van der Waals surface area contributed by atoms with Gasteiger partial charge in [-0.05, 0) is 75.8 Å². The maximum Gasteiger partial charge on any atom is 0.0544 e. The van der Waals surface area contributed by atoms with Gasteiger partial charge in [-0.3, -0.25) is 0 Å². The number of hydrogen-bond acceptors (Lipinski definition) is 2. The fourth-order valence-electron chi connectivity index (χ4n) is 7.98. The smallest absolute Gasteiger partial charge is 0.0544 e. The predicted molar refractivity (Wildman–Crippen MR) is 218 cm³/mol. The van der Waals surface area contributed by atoms with Gasteiger partial charge in [-0.15, -0.1) is 23.1 Å². The second-order valence-corrected chi connectivity index (χ2v) is 15.7. The molecule has 11 rings (SSSR count). The second kappa shape index (κ2) is 11.0. The van der Waals surface area contributed by atoms with Crippen molar-refractivity contribution in [1.82, 2.24) is 9.97 Å². The normalized spacial score (nSPS) is 15.0. The Morgan fingerprint density at radius 2 is 1.04 bits per heavy atom. The lowest BCUT2D eigenvalue weighted by atomic mass is 10.0. The van der Waals surface area contributed by atoms with E-state index in [1.165, 1.54) is 102 Å². The minimum Gasteiger partial charge on any atom is -0.354 e. The van der Waals surface area contributed by atoms with E-state index in [9.17, 15) is 0 Å². The van der Waals surface area contributed by atoms with Gasteiger partial charge in [-0.2, -0.15) is 0 Å². The first kappa shape index (κ1) is 28.3. The average molecular weight is 675 g/mol.